The Labute approximate surface area is 120 Å². The molecule has 2 rings (SSSR count). The molecule has 2 unspecified atom stereocenters. The van der Waals surface area contributed by atoms with Gasteiger partial charge in [-0.3, -0.25) is 4.79 Å². The molecule has 0 radical (unpaired) electrons. The summed E-state index contributed by atoms with van der Waals surface area (Å²) in [5.41, 5.74) is 0.617. The van der Waals surface area contributed by atoms with Crippen molar-refractivity contribution in [2.24, 2.45) is 5.92 Å². The molecule has 1 aliphatic rings. The van der Waals surface area contributed by atoms with Crippen LogP contribution in [0.15, 0.2) is 24.3 Å². The zero-order valence-electron chi connectivity index (χ0n) is 12.3. The van der Waals surface area contributed by atoms with Crippen LogP contribution in [0, 0.1) is 5.92 Å². The Morgan fingerprint density at radius 2 is 2.20 bits per heavy atom. The molecule has 20 heavy (non-hydrogen) atoms. The summed E-state index contributed by atoms with van der Waals surface area (Å²) in [4.78, 5) is 12.2. The first-order valence-corrected chi connectivity index (χ1v) is 7.44. The zero-order chi connectivity index (χ0) is 14.4. The second kappa shape index (κ2) is 7.29. The number of amides is 1. The molecule has 0 saturated carbocycles. The lowest BCUT2D eigenvalue weighted by molar-refractivity contribution is 0.0940. The number of hydrogen-bond donors (Lipinski definition) is 2. The number of piperidine rings is 1. The van der Waals surface area contributed by atoms with Crippen molar-refractivity contribution >= 4 is 5.91 Å². The smallest absolute Gasteiger partial charge is 0.255 e. The monoisotopic (exact) mass is 276 g/mol. The topological polar surface area (TPSA) is 50.4 Å². The predicted octanol–water partition coefficient (Wildman–Crippen LogP) is 2.20. The van der Waals surface area contributed by atoms with E-state index in [1.807, 2.05) is 31.2 Å². The third-order valence-corrected chi connectivity index (χ3v) is 3.75. The summed E-state index contributed by atoms with van der Waals surface area (Å²) in [5, 5.41) is 6.47. The molecule has 4 nitrogen and oxygen atoms in total. The van der Waals surface area contributed by atoms with Crippen molar-refractivity contribution in [2.75, 3.05) is 19.7 Å². The molecule has 4 heteroatoms. The Bertz CT molecular complexity index is 440. The van der Waals surface area contributed by atoms with Crippen molar-refractivity contribution in [3.8, 4) is 5.75 Å². The first-order valence-electron chi connectivity index (χ1n) is 7.44. The number of ether oxygens (including phenoxy) is 1. The molecule has 2 atom stereocenters. The first kappa shape index (κ1) is 14.9. The molecule has 0 aromatic heterocycles. The van der Waals surface area contributed by atoms with Crippen LogP contribution in [0.4, 0.5) is 0 Å². The zero-order valence-corrected chi connectivity index (χ0v) is 12.3. The fourth-order valence-corrected chi connectivity index (χ4v) is 2.50. The largest absolute Gasteiger partial charge is 0.493 e. The van der Waals surface area contributed by atoms with Crippen LogP contribution in [0.1, 0.15) is 37.0 Å². The van der Waals surface area contributed by atoms with E-state index < -0.39 is 0 Å². The molecular weight excluding hydrogens is 252 g/mol. The Morgan fingerprint density at radius 3 is 2.90 bits per heavy atom. The molecule has 1 aromatic carbocycles. The van der Waals surface area contributed by atoms with Crippen LogP contribution in [-0.4, -0.2) is 31.6 Å². The van der Waals surface area contributed by atoms with E-state index in [2.05, 4.69) is 17.6 Å². The molecule has 1 saturated heterocycles. The molecule has 2 N–H and O–H groups in total. The molecule has 1 fully saturated rings. The van der Waals surface area contributed by atoms with Crippen molar-refractivity contribution < 1.29 is 9.53 Å². The summed E-state index contributed by atoms with van der Waals surface area (Å²) in [6.45, 7) is 6.39. The van der Waals surface area contributed by atoms with E-state index in [9.17, 15) is 4.79 Å². The van der Waals surface area contributed by atoms with Crippen LogP contribution in [0.3, 0.4) is 0 Å². The van der Waals surface area contributed by atoms with Gasteiger partial charge in [0.05, 0.1) is 12.2 Å². The van der Waals surface area contributed by atoms with Crippen molar-refractivity contribution in [3.63, 3.8) is 0 Å². The fraction of sp³-hybridized carbons (Fsp3) is 0.562. The molecule has 1 aromatic rings. The second-order valence-corrected chi connectivity index (χ2v) is 5.39. The summed E-state index contributed by atoms with van der Waals surface area (Å²) in [7, 11) is 0. The minimum absolute atomic E-state index is 0.0485. The third kappa shape index (κ3) is 3.97. The van der Waals surface area contributed by atoms with Crippen molar-refractivity contribution in [2.45, 2.75) is 32.7 Å². The van der Waals surface area contributed by atoms with E-state index in [1.54, 1.807) is 0 Å². The maximum absolute atomic E-state index is 12.2. The average molecular weight is 276 g/mol. The Kier molecular flexibility index (Phi) is 5.41. The Balaban J connectivity index is 1.88. The first-order chi connectivity index (χ1) is 9.70. The van der Waals surface area contributed by atoms with E-state index in [0.717, 1.165) is 13.1 Å². The van der Waals surface area contributed by atoms with Crippen LogP contribution >= 0.6 is 0 Å². The minimum atomic E-state index is -0.0485. The number of rotatable bonds is 5. The summed E-state index contributed by atoms with van der Waals surface area (Å²) >= 11 is 0. The van der Waals surface area contributed by atoms with Crippen molar-refractivity contribution in [1.82, 2.24) is 10.6 Å². The predicted molar refractivity (Wildman–Crippen MR) is 80.1 cm³/mol. The highest BCUT2D eigenvalue weighted by molar-refractivity contribution is 5.96. The lowest BCUT2D eigenvalue weighted by Crippen LogP contribution is -2.42. The summed E-state index contributed by atoms with van der Waals surface area (Å²) in [5.74, 6) is 1.13. The Morgan fingerprint density at radius 1 is 1.40 bits per heavy atom. The van der Waals surface area contributed by atoms with E-state index in [0.29, 0.717) is 29.9 Å². The molecule has 0 aliphatic carbocycles. The van der Waals surface area contributed by atoms with Crippen LogP contribution < -0.4 is 15.4 Å². The lowest BCUT2D eigenvalue weighted by Gasteiger charge is -2.27. The molecule has 1 amide bonds. The van der Waals surface area contributed by atoms with E-state index in [1.165, 1.54) is 12.8 Å². The van der Waals surface area contributed by atoms with Crippen molar-refractivity contribution in [3.05, 3.63) is 29.8 Å². The van der Waals surface area contributed by atoms with Gasteiger partial charge in [0.2, 0.25) is 0 Å². The maximum Gasteiger partial charge on any atom is 0.255 e. The number of para-hydroxylation sites is 1. The minimum Gasteiger partial charge on any atom is -0.493 e. The second-order valence-electron chi connectivity index (χ2n) is 5.39. The number of hydrogen-bond acceptors (Lipinski definition) is 3. The molecule has 0 bridgehead atoms. The maximum atomic E-state index is 12.2. The highest BCUT2D eigenvalue weighted by Gasteiger charge is 2.19. The van der Waals surface area contributed by atoms with E-state index in [4.69, 9.17) is 4.74 Å². The van der Waals surface area contributed by atoms with Gasteiger partial charge in [-0.05, 0) is 51.3 Å². The number of nitrogens with one attached hydrogen (secondary N) is 2. The number of carbonyl (C=O) groups is 1. The van der Waals surface area contributed by atoms with Gasteiger partial charge in [0, 0.05) is 12.6 Å². The third-order valence-electron chi connectivity index (χ3n) is 3.75. The van der Waals surface area contributed by atoms with Gasteiger partial charge in [-0.1, -0.05) is 12.1 Å². The van der Waals surface area contributed by atoms with Gasteiger partial charge in [-0.15, -0.1) is 0 Å². The highest BCUT2D eigenvalue weighted by atomic mass is 16.5. The average Bonchev–Trinajstić information content (AvgIpc) is 2.47. The van der Waals surface area contributed by atoms with Gasteiger partial charge in [-0.25, -0.2) is 0 Å². The molecule has 110 valence electrons. The van der Waals surface area contributed by atoms with Gasteiger partial charge in [-0.2, -0.15) is 0 Å². The number of benzene rings is 1. The summed E-state index contributed by atoms with van der Waals surface area (Å²) < 4.78 is 5.49. The van der Waals surface area contributed by atoms with Gasteiger partial charge in [0.1, 0.15) is 5.75 Å². The lowest BCUT2D eigenvalue weighted by atomic mass is 9.95. The van der Waals surface area contributed by atoms with Crippen molar-refractivity contribution in [1.29, 1.82) is 0 Å². The molecule has 1 aliphatic heterocycles. The fourth-order valence-electron chi connectivity index (χ4n) is 2.50. The van der Waals surface area contributed by atoms with Gasteiger partial charge < -0.3 is 15.4 Å². The standard InChI is InChI=1S/C16H24N2O2/c1-3-20-15-7-5-4-6-14(15)16(19)18-11-13-9-8-12(2)17-10-13/h4-7,12-13,17H,3,8-11H2,1-2H3,(H,18,19). The van der Waals surface area contributed by atoms with Gasteiger partial charge in [0.15, 0.2) is 0 Å². The van der Waals surface area contributed by atoms with E-state index >= 15 is 0 Å². The van der Waals surface area contributed by atoms with Crippen LogP contribution in [0.5, 0.6) is 5.75 Å². The SMILES string of the molecule is CCOc1ccccc1C(=O)NCC1CCC(C)NC1. The summed E-state index contributed by atoms with van der Waals surface area (Å²) in [6.07, 6.45) is 2.34. The summed E-state index contributed by atoms with van der Waals surface area (Å²) in [6, 6.07) is 7.99. The quantitative estimate of drug-likeness (QED) is 0.867. The van der Waals surface area contributed by atoms with E-state index in [-0.39, 0.29) is 5.91 Å². The number of carbonyl (C=O) groups excluding carboxylic acids is 1. The molecular formula is C16H24N2O2. The molecule has 1 heterocycles. The Hall–Kier alpha value is -1.55. The van der Waals surface area contributed by atoms with Gasteiger partial charge >= 0.3 is 0 Å². The normalized spacial score (nSPS) is 22.3. The van der Waals surface area contributed by atoms with Crippen LogP contribution in [-0.2, 0) is 0 Å². The molecule has 0 spiro atoms. The van der Waals surface area contributed by atoms with Crippen LogP contribution in [0.2, 0.25) is 0 Å². The van der Waals surface area contributed by atoms with Gasteiger partial charge in [0.25, 0.3) is 5.91 Å². The van der Waals surface area contributed by atoms with Crippen LogP contribution in [0.25, 0.3) is 0 Å². The highest BCUT2D eigenvalue weighted by Crippen LogP contribution is 2.18.